The second-order valence-electron chi connectivity index (χ2n) is 8.48. The van der Waals surface area contributed by atoms with Gasteiger partial charge in [-0.2, -0.15) is 0 Å². The van der Waals surface area contributed by atoms with E-state index in [2.05, 4.69) is 6.92 Å². The number of carbonyl (C=O) groups is 4. The number of unbranched alkanes of at least 4 members (excludes halogenated alkanes) is 9. The summed E-state index contributed by atoms with van der Waals surface area (Å²) < 4.78 is 26.3. The summed E-state index contributed by atoms with van der Waals surface area (Å²) in [5, 5.41) is 0. The summed E-state index contributed by atoms with van der Waals surface area (Å²) in [6.07, 6.45) is 9.37. The summed E-state index contributed by atoms with van der Waals surface area (Å²) in [4.78, 5) is 49.7. The monoisotopic (exact) mass is 472 g/mol. The van der Waals surface area contributed by atoms with E-state index in [0.717, 1.165) is 53.8 Å². The van der Waals surface area contributed by atoms with Gasteiger partial charge in [0.05, 0.1) is 20.8 Å². The Kier molecular flexibility index (Phi) is 12.4. The minimum Gasteiger partial charge on any atom is -0.467 e. The Morgan fingerprint density at radius 3 is 1.76 bits per heavy atom. The fraction of sp³-hybridized carbons (Fsp3) is 0.833. The van der Waals surface area contributed by atoms with Crippen molar-refractivity contribution in [1.29, 1.82) is 0 Å². The first-order valence-corrected chi connectivity index (χ1v) is 11.9. The second kappa shape index (κ2) is 14.2. The van der Waals surface area contributed by atoms with Crippen molar-refractivity contribution < 1.29 is 42.9 Å². The molecule has 0 N–H and O–H groups in total. The van der Waals surface area contributed by atoms with Gasteiger partial charge in [0, 0.05) is 13.8 Å². The quantitative estimate of drug-likeness (QED) is 0.200. The van der Waals surface area contributed by atoms with Gasteiger partial charge in [0.15, 0.2) is 6.10 Å². The topological polar surface area (TPSA) is 114 Å². The predicted octanol–water partition coefficient (Wildman–Crippen LogP) is 3.65. The van der Waals surface area contributed by atoms with Crippen LogP contribution in [0.5, 0.6) is 0 Å². The summed E-state index contributed by atoms with van der Waals surface area (Å²) >= 11 is 0. The number of hydrogen-bond donors (Lipinski definition) is 0. The predicted molar refractivity (Wildman–Crippen MR) is 119 cm³/mol. The second-order valence-corrected chi connectivity index (χ2v) is 8.48. The van der Waals surface area contributed by atoms with E-state index in [0.29, 0.717) is 6.42 Å². The smallest absolute Gasteiger partial charge is 0.358 e. The molecule has 1 rings (SSSR count). The molecule has 0 aliphatic carbocycles. The highest BCUT2D eigenvalue weighted by Crippen LogP contribution is 2.46. The molecule has 1 saturated heterocycles. The molecule has 0 radical (unpaired) electrons. The van der Waals surface area contributed by atoms with Crippen molar-refractivity contribution in [1.82, 2.24) is 0 Å². The fourth-order valence-corrected chi connectivity index (χ4v) is 4.48. The standard InChI is InChI=1S/C24H40O9/c1-6-7-8-9-10-11-12-13-14-15-16-23(21(27)29-4)24(22(28)30-5,33-19(3)26)20(17-31-23)32-18(2)25/h20H,6-17H2,1-5H3. The van der Waals surface area contributed by atoms with Crippen molar-refractivity contribution in [3.63, 3.8) is 0 Å². The molecule has 0 spiro atoms. The molecule has 3 unspecified atom stereocenters. The van der Waals surface area contributed by atoms with Gasteiger partial charge in [-0.25, -0.2) is 9.59 Å². The molecule has 0 amide bonds. The molecule has 1 aliphatic rings. The van der Waals surface area contributed by atoms with Crippen LogP contribution in [0.4, 0.5) is 0 Å². The zero-order valence-electron chi connectivity index (χ0n) is 20.7. The van der Waals surface area contributed by atoms with Crippen molar-refractivity contribution in [2.75, 3.05) is 20.8 Å². The molecule has 1 fully saturated rings. The van der Waals surface area contributed by atoms with Gasteiger partial charge in [-0.3, -0.25) is 9.59 Å². The molecule has 1 heterocycles. The molecule has 0 aromatic rings. The highest BCUT2D eigenvalue weighted by Gasteiger charge is 2.75. The first kappa shape index (κ1) is 28.9. The van der Waals surface area contributed by atoms with Crippen LogP contribution in [-0.2, 0) is 42.9 Å². The lowest BCUT2D eigenvalue weighted by molar-refractivity contribution is -0.221. The van der Waals surface area contributed by atoms with Crippen LogP contribution in [0.15, 0.2) is 0 Å². The summed E-state index contributed by atoms with van der Waals surface area (Å²) in [7, 11) is 2.25. The maximum absolute atomic E-state index is 13.0. The zero-order chi connectivity index (χ0) is 24.9. The Morgan fingerprint density at radius 1 is 0.788 bits per heavy atom. The summed E-state index contributed by atoms with van der Waals surface area (Å²) in [5.74, 6) is -3.50. The lowest BCUT2D eigenvalue weighted by Crippen LogP contribution is -2.68. The molecule has 9 nitrogen and oxygen atoms in total. The lowest BCUT2D eigenvalue weighted by Gasteiger charge is -2.40. The molecule has 0 saturated carbocycles. The lowest BCUT2D eigenvalue weighted by atomic mass is 9.76. The van der Waals surface area contributed by atoms with Crippen LogP contribution in [0, 0.1) is 0 Å². The maximum atomic E-state index is 13.0. The number of carbonyl (C=O) groups excluding carboxylic acids is 4. The number of rotatable bonds is 15. The molecule has 3 atom stereocenters. The van der Waals surface area contributed by atoms with E-state index in [1.54, 1.807) is 0 Å². The maximum Gasteiger partial charge on any atom is 0.358 e. The molecule has 9 heteroatoms. The van der Waals surface area contributed by atoms with E-state index in [4.69, 9.17) is 23.7 Å². The van der Waals surface area contributed by atoms with Gasteiger partial charge in [0.1, 0.15) is 0 Å². The van der Waals surface area contributed by atoms with Gasteiger partial charge < -0.3 is 23.7 Å². The van der Waals surface area contributed by atoms with E-state index in [-0.39, 0.29) is 13.0 Å². The highest BCUT2D eigenvalue weighted by atomic mass is 16.7. The van der Waals surface area contributed by atoms with E-state index in [1.165, 1.54) is 32.1 Å². The van der Waals surface area contributed by atoms with Gasteiger partial charge in [-0.15, -0.1) is 0 Å². The third-order valence-electron chi connectivity index (χ3n) is 6.03. The van der Waals surface area contributed by atoms with Crippen molar-refractivity contribution in [3.05, 3.63) is 0 Å². The van der Waals surface area contributed by atoms with Crippen molar-refractivity contribution >= 4 is 23.9 Å². The number of esters is 4. The molecule has 0 bridgehead atoms. The van der Waals surface area contributed by atoms with Crippen molar-refractivity contribution in [2.24, 2.45) is 0 Å². The van der Waals surface area contributed by atoms with Crippen LogP contribution in [0.1, 0.15) is 91.4 Å². The molecule has 0 aromatic carbocycles. The number of methoxy groups -OCH3 is 2. The summed E-state index contributed by atoms with van der Waals surface area (Å²) in [6, 6.07) is 0. The fourth-order valence-electron chi connectivity index (χ4n) is 4.48. The summed E-state index contributed by atoms with van der Waals surface area (Å²) in [6.45, 7) is 4.11. The van der Waals surface area contributed by atoms with Crippen molar-refractivity contribution in [3.8, 4) is 0 Å². The Balaban J connectivity index is 2.99. The zero-order valence-corrected chi connectivity index (χ0v) is 20.7. The van der Waals surface area contributed by atoms with E-state index in [1.807, 2.05) is 0 Å². The van der Waals surface area contributed by atoms with Crippen LogP contribution in [0.2, 0.25) is 0 Å². The molecular weight excluding hydrogens is 432 g/mol. The molecule has 0 aromatic heterocycles. The van der Waals surface area contributed by atoms with E-state index in [9.17, 15) is 19.2 Å². The number of ether oxygens (including phenoxy) is 5. The minimum absolute atomic E-state index is 0.0380. The Labute approximate surface area is 196 Å². The van der Waals surface area contributed by atoms with Gasteiger partial charge in [-0.1, -0.05) is 64.7 Å². The van der Waals surface area contributed by atoms with E-state index >= 15 is 0 Å². The van der Waals surface area contributed by atoms with Crippen LogP contribution in [-0.4, -0.2) is 62.0 Å². The largest absolute Gasteiger partial charge is 0.467 e. The molecule has 1 aliphatic heterocycles. The molecule has 190 valence electrons. The Morgan fingerprint density at radius 2 is 1.30 bits per heavy atom. The van der Waals surface area contributed by atoms with Gasteiger partial charge >= 0.3 is 23.9 Å². The number of hydrogen-bond acceptors (Lipinski definition) is 9. The SMILES string of the molecule is CCCCCCCCCCCCC1(C(=O)OC)OCC(OC(C)=O)C1(OC(C)=O)C(=O)OC. The highest BCUT2D eigenvalue weighted by molar-refractivity contribution is 5.96. The third-order valence-corrected chi connectivity index (χ3v) is 6.03. The first-order valence-electron chi connectivity index (χ1n) is 11.9. The average molecular weight is 473 g/mol. The van der Waals surface area contributed by atoms with Crippen LogP contribution < -0.4 is 0 Å². The van der Waals surface area contributed by atoms with Crippen LogP contribution in [0.25, 0.3) is 0 Å². The Bertz CT molecular complexity index is 662. The minimum atomic E-state index is -2.30. The van der Waals surface area contributed by atoms with Crippen molar-refractivity contribution in [2.45, 2.75) is 109 Å². The average Bonchev–Trinajstić information content (AvgIpc) is 3.07. The Hall–Kier alpha value is -2.16. The van der Waals surface area contributed by atoms with E-state index < -0.39 is 41.2 Å². The summed E-state index contributed by atoms with van der Waals surface area (Å²) in [5.41, 5.74) is -4.29. The molecule has 33 heavy (non-hydrogen) atoms. The van der Waals surface area contributed by atoms with Gasteiger partial charge in [0.2, 0.25) is 5.60 Å². The third kappa shape index (κ3) is 7.16. The van der Waals surface area contributed by atoms with Crippen LogP contribution >= 0.6 is 0 Å². The normalized spacial score (nSPS) is 24.2. The van der Waals surface area contributed by atoms with Gasteiger partial charge in [0.25, 0.3) is 5.60 Å². The molecular formula is C24H40O9. The van der Waals surface area contributed by atoms with Crippen LogP contribution in [0.3, 0.4) is 0 Å². The van der Waals surface area contributed by atoms with Gasteiger partial charge in [-0.05, 0) is 12.8 Å². The first-order chi connectivity index (χ1) is 15.7.